The van der Waals surface area contributed by atoms with Gasteiger partial charge in [0.2, 0.25) is 5.91 Å². The van der Waals surface area contributed by atoms with Crippen LogP contribution in [0.5, 0.6) is 0 Å². The van der Waals surface area contributed by atoms with E-state index in [-0.39, 0.29) is 5.91 Å². The summed E-state index contributed by atoms with van der Waals surface area (Å²) < 4.78 is 0. The molecule has 1 fully saturated rings. The Bertz CT molecular complexity index is 466. The number of nitrogens with zero attached hydrogens (tertiary/aromatic N) is 1. The van der Waals surface area contributed by atoms with Crippen molar-refractivity contribution in [1.29, 1.82) is 0 Å². The lowest BCUT2D eigenvalue weighted by molar-refractivity contribution is -0.118. The first kappa shape index (κ1) is 15.4. The molecule has 0 aliphatic carbocycles. The van der Waals surface area contributed by atoms with Gasteiger partial charge < -0.3 is 10.6 Å². The van der Waals surface area contributed by atoms with Crippen molar-refractivity contribution in [2.45, 2.75) is 30.8 Å². The van der Waals surface area contributed by atoms with Crippen molar-refractivity contribution in [2.75, 3.05) is 31.2 Å². The van der Waals surface area contributed by atoms with Gasteiger partial charge in [-0.2, -0.15) is 0 Å². The molecule has 1 aromatic rings. The van der Waals surface area contributed by atoms with Crippen LogP contribution < -0.4 is 10.6 Å². The molecule has 4 nitrogen and oxygen atoms in total. The molecule has 2 rings (SSSR count). The lowest BCUT2D eigenvalue weighted by atomic mass is 10.1. The molecule has 5 heteroatoms. The molecule has 1 aliphatic heterocycles. The normalized spacial score (nSPS) is 23.6. The molecular formula is C15H23N3OS. The fourth-order valence-corrected chi connectivity index (χ4v) is 2.99. The maximum Gasteiger partial charge on any atom is 0.238 e. The molecule has 1 heterocycles. The molecule has 2 atom stereocenters. The molecule has 1 saturated heterocycles. The van der Waals surface area contributed by atoms with Gasteiger partial charge >= 0.3 is 0 Å². The molecule has 0 aromatic heterocycles. The molecule has 1 aromatic carbocycles. The Morgan fingerprint density at radius 2 is 2.20 bits per heavy atom. The molecule has 0 radical (unpaired) electrons. The minimum absolute atomic E-state index is 0.0625. The number of nitrogens with one attached hydrogen (secondary N) is 2. The van der Waals surface area contributed by atoms with Crippen LogP contribution in [0.1, 0.15) is 13.8 Å². The van der Waals surface area contributed by atoms with Crippen molar-refractivity contribution in [3.63, 3.8) is 0 Å². The average Bonchev–Trinajstić information content (AvgIpc) is 2.43. The van der Waals surface area contributed by atoms with Gasteiger partial charge in [0.25, 0.3) is 0 Å². The Balaban J connectivity index is 1.95. The summed E-state index contributed by atoms with van der Waals surface area (Å²) in [7, 11) is 0. The summed E-state index contributed by atoms with van der Waals surface area (Å²) in [5.74, 6) is 0.0625. The van der Waals surface area contributed by atoms with Crippen LogP contribution >= 0.6 is 11.8 Å². The number of rotatable bonds is 4. The SMILES string of the molecule is CSc1ccccc1NC(=O)CN1CC(C)NCC1C. The van der Waals surface area contributed by atoms with E-state index < -0.39 is 0 Å². The first-order valence-corrected chi connectivity index (χ1v) is 8.23. The number of thioether (sulfide) groups is 1. The zero-order valence-electron chi connectivity index (χ0n) is 12.3. The van der Waals surface area contributed by atoms with Crippen LogP contribution in [-0.2, 0) is 4.79 Å². The number of hydrogen-bond acceptors (Lipinski definition) is 4. The minimum atomic E-state index is 0.0625. The largest absolute Gasteiger partial charge is 0.324 e. The van der Waals surface area contributed by atoms with E-state index in [1.54, 1.807) is 11.8 Å². The summed E-state index contributed by atoms with van der Waals surface area (Å²) in [5, 5.41) is 6.45. The molecule has 20 heavy (non-hydrogen) atoms. The lowest BCUT2D eigenvalue weighted by Crippen LogP contribution is -2.55. The van der Waals surface area contributed by atoms with Gasteiger partial charge in [0, 0.05) is 30.1 Å². The third-order valence-corrected chi connectivity index (χ3v) is 4.42. The summed E-state index contributed by atoms with van der Waals surface area (Å²) in [6.07, 6.45) is 2.02. The molecular weight excluding hydrogens is 270 g/mol. The Hall–Kier alpha value is -1.04. The highest BCUT2D eigenvalue weighted by molar-refractivity contribution is 7.98. The maximum absolute atomic E-state index is 12.2. The predicted octanol–water partition coefficient (Wildman–Crippen LogP) is 2.03. The molecule has 2 unspecified atom stereocenters. The van der Waals surface area contributed by atoms with Gasteiger partial charge in [0.05, 0.1) is 12.2 Å². The number of anilines is 1. The predicted molar refractivity (Wildman–Crippen MR) is 85.4 cm³/mol. The molecule has 0 spiro atoms. The van der Waals surface area contributed by atoms with Crippen molar-refractivity contribution >= 4 is 23.4 Å². The standard InChI is InChI=1S/C15H23N3OS/c1-11-9-18(12(2)8-16-11)10-15(19)17-13-6-4-5-7-14(13)20-3/h4-7,11-12,16H,8-10H2,1-3H3,(H,17,19). The number of hydrogen-bond donors (Lipinski definition) is 2. The first-order chi connectivity index (χ1) is 9.60. The van der Waals surface area contributed by atoms with E-state index in [1.807, 2.05) is 30.5 Å². The van der Waals surface area contributed by atoms with Gasteiger partial charge in [-0.15, -0.1) is 11.8 Å². The summed E-state index contributed by atoms with van der Waals surface area (Å²) in [6, 6.07) is 8.75. The number of carbonyl (C=O) groups excluding carboxylic acids is 1. The van der Waals surface area contributed by atoms with Crippen LogP contribution in [0.4, 0.5) is 5.69 Å². The van der Waals surface area contributed by atoms with E-state index in [0.29, 0.717) is 18.6 Å². The molecule has 0 bridgehead atoms. The first-order valence-electron chi connectivity index (χ1n) is 7.00. The fraction of sp³-hybridized carbons (Fsp3) is 0.533. The van der Waals surface area contributed by atoms with E-state index in [9.17, 15) is 4.79 Å². The Morgan fingerprint density at radius 1 is 1.45 bits per heavy atom. The van der Waals surface area contributed by atoms with Gasteiger partial charge in [-0.25, -0.2) is 0 Å². The zero-order chi connectivity index (χ0) is 14.5. The second-order valence-electron chi connectivity index (χ2n) is 5.34. The molecule has 2 N–H and O–H groups in total. The molecule has 1 amide bonds. The van der Waals surface area contributed by atoms with E-state index in [2.05, 4.69) is 29.4 Å². The topological polar surface area (TPSA) is 44.4 Å². The van der Waals surface area contributed by atoms with E-state index in [1.165, 1.54) is 0 Å². The highest BCUT2D eigenvalue weighted by atomic mass is 32.2. The molecule has 110 valence electrons. The van der Waals surface area contributed by atoms with Crippen LogP contribution in [0, 0.1) is 0 Å². The maximum atomic E-state index is 12.2. The highest BCUT2D eigenvalue weighted by Gasteiger charge is 2.24. The quantitative estimate of drug-likeness (QED) is 0.834. The second kappa shape index (κ2) is 7.11. The van der Waals surface area contributed by atoms with Gasteiger partial charge in [-0.05, 0) is 32.2 Å². The monoisotopic (exact) mass is 293 g/mol. The number of carbonyl (C=O) groups is 1. The Labute approximate surface area is 125 Å². The third kappa shape index (κ3) is 3.98. The molecule has 0 saturated carbocycles. The van der Waals surface area contributed by atoms with Gasteiger partial charge in [0.15, 0.2) is 0 Å². The summed E-state index contributed by atoms with van der Waals surface area (Å²) in [5.41, 5.74) is 0.904. The second-order valence-corrected chi connectivity index (χ2v) is 6.18. The van der Waals surface area contributed by atoms with Gasteiger partial charge in [-0.3, -0.25) is 9.69 Å². The van der Waals surface area contributed by atoms with Crippen molar-refractivity contribution in [1.82, 2.24) is 10.2 Å². The van der Waals surface area contributed by atoms with Crippen LogP contribution in [0.2, 0.25) is 0 Å². The lowest BCUT2D eigenvalue weighted by Gasteiger charge is -2.36. The van der Waals surface area contributed by atoms with Crippen molar-refractivity contribution in [3.05, 3.63) is 24.3 Å². The van der Waals surface area contributed by atoms with Crippen LogP contribution in [0.25, 0.3) is 0 Å². The fourth-order valence-electron chi connectivity index (χ4n) is 2.44. The summed E-state index contributed by atoms with van der Waals surface area (Å²) >= 11 is 1.65. The van der Waals surface area contributed by atoms with Crippen LogP contribution in [-0.4, -0.2) is 48.8 Å². The summed E-state index contributed by atoms with van der Waals surface area (Å²) in [4.78, 5) is 15.6. The van der Waals surface area contributed by atoms with E-state index in [4.69, 9.17) is 0 Å². The zero-order valence-corrected chi connectivity index (χ0v) is 13.2. The highest BCUT2D eigenvalue weighted by Crippen LogP contribution is 2.24. The number of piperazine rings is 1. The summed E-state index contributed by atoms with van der Waals surface area (Å²) in [6.45, 7) is 6.62. The van der Waals surface area contributed by atoms with Crippen LogP contribution in [0.3, 0.4) is 0 Å². The Kier molecular flexibility index (Phi) is 5.46. The van der Waals surface area contributed by atoms with Crippen molar-refractivity contribution < 1.29 is 4.79 Å². The Morgan fingerprint density at radius 3 is 2.95 bits per heavy atom. The number of benzene rings is 1. The van der Waals surface area contributed by atoms with Gasteiger partial charge in [-0.1, -0.05) is 12.1 Å². The van der Waals surface area contributed by atoms with E-state index in [0.717, 1.165) is 23.7 Å². The smallest absolute Gasteiger partial charge is 0.238 e. The third-order valence-electron chi connectivity index (χ3n) is 3.62. The number of para-hydroxylation sites is 1. The van der Waals surface area contributed by atoms with Crippen molar-refractivity contribution in [2.24, 2.45) is 0 Å². The average molecular weight is 293 g/mol. The van der Waals surface area contributed by atoms with Crippen LogP contribution in [0.15, 0.2) is 29.2 Å². The van der Waals surface area contributed by atoms with Gasteiger partial charge in [0.1, 0.15) is 0 Å². The molecule has 1 aliphatic rings. The van der Waals surface area contributed by atoms with Crippen molar-refractivity contribution in [3.8, 4) is 0 Å². The minimum Gasteiger partial charge on any atom is -0.324 e. The number of amides is 1. The van der Waals surface area contributed by atoms with E-state index >= 15 is 0 Å².